The number of carbonyl (C=O) groups is 1. The second kappa shape index (κ2) is 6.04. The van der Waals surface area contributed by atoms with E-state index in [2.05, 4.69) is 5.32 Å². The molecule has 2 rings (SSSR count). The average Bonchev–Trinajstić information content (AvgIpc) is 2.75. The third-order valence-corrected chi connectivity index (χ3v) is 4.67. The van der Waals surface area contributed by atoms with E-state index < -0.39 is 0 Å². The Balaban J connectivity index is 2.21. The van der Waals surface area contributed by atoms with Crippen LogP contribution in [0.3, 0.4) is 0 Å². The molecule has 20 heavy (non-hydrogen) atoms. The van der Waals surface area contributed by atoms with Gasteiger partial charge in [0, 0.05) is 33.4 Å². The summed E-state index contributed by atoms with van der Waals surface area (Å²) in [4.78, 5) is 14.2. The van der Waals surface area contributed by atoms with E-state index in [9.17, 15) is 4.79 Å². The second-order valence-electron chi connectivity index (χ2n) is 5.76. The van der Waals surface area contributed by atoms with Gasteiger partial charge in [-0.1, -0.05) is 29.3 Å². The molecule has 1 fully saturated rings. The van der Waals surface area contributed by atoms with E-state index in [4.69, 9.17) is 23.2 Å². The van der Waals surface area contributed by atoms with Crippen molar-refractivity contribution in [2.45, 2.75) is 31.7 Å². The van der Waals surface area contributed by atoms with Crippen LogP contribution < -0.4 is 5.32 Å². The zero-order chi connectivity index (χ0) is 14.9. The fraction of sp³-hybridized carbons (Fsp3) is 0.500. The van der Waals surface area contributed by atoms with Crippen LogP contribution in [0.2, 0.25) is 10.0 Å². The molecule has 0 radical (unpaired) electrons. The molecule has 1 N–H and O–H groups in total. The van der Waals surface area contributed by atoms with E-state index in [1.165, 1.54) is 0 Å². The summed E-state index contributed by atoms with van der Waals surface area (Å²) in [6.45, 7) is 6.63. The van der Waals surface area contributed by atoms with Crippen LogP contribution >= 0.6 is 35.0 Å². The van der Waals surface area contributed by atoms with Crippen LogP contribution in [0, 0.1) is 0 Å². The third kappa shape index (κ3) is 3.74. The molecule has 3 nitrogen and oxygen atoms in total. The topological polar surface area (TPSA) is 32.3 Å². The van der Waals surface area contributed by atoms with Gasteiger partial charge in [-0.25, -0.2) is 4.79 Å². The maximum absolute atomic E-state index is 12.4. The van der Waals surface area contributed by atoms with Gasteiger partial charge >= 0.3 is 6.03 Å². The average molecular weight is 333 g/mol. The minimum Gasteiger partial charge on any atom is -0.333 e. The summed E-state index contributed by atoms with van der Waals surface area (Å²) in [6, 6.07) is 5.36. The molecular formula is C14H18Cl2N2OS. The number of hydrogen-bond acceptors (Lipinski definition) is 2. The van der Waals surface area contributed by atoms with E-state index in [0.29, 0.717) is 10.0 Å². The van der Waals surface area contributed by atoms with Crippen LogP contribution in [0.15, 0.2) is 18.2 Å². The molecule has 110 valence electrons. The fourth-order valence-corrected chi connectivity index (χ4v) is 3.90. The van der Waals surface area contributed by atoms with Crippen LogP contribution in [-0.2, 0) is 0 Å². The molecule has 1 heterocycles. The number of benzene rings is 1. The first-order chi connectivity index (χ1) is 9.28. The highest BCUT2D eigenvalue weighted by Crippen LogP contribution is 2.41. The monoisotopic (exact) mass is 332 g/mol. The van der Waals surface area contributed by atoms with E-state index in [1.54, 1.807) is 17.8 Å². The number of nitrogens with one attached hydrogen (secondary N) is 1. The highest BCUT2D eigenvalue weighted by molar-refractivity contribution is 7.99. The summed E-state index contributed by atoms with van der Waals surface area (Å²) < 4.78 is 0. The predicted octanol–water partition coefficient (Wildman–Crippen LogP) is 4.55. The zero-order valence-corrected chi connectivity index (χ0v) is 14.1. The van der Waals surface area contributed by atoms with Gasteiger partial charge in [0.05, 0.1) is 0 Å². The quantitative estimate of drug-likeness (QED) is 0.818. The Morgan fingerprint density at radius 2 is 2.10 bits per heavy atom. The molecule has 0 aromatic heterocycles. The standard InChI is InChI=1S/C14H18Cl2N2OS/c1-14(2,3)17-13(19)18-6-7-20-12(18)10-5-4-9(15)8-11(10)16/h4-5,8,12H,6-7H2,1-3H3,(H,17,19). The normalized spacial score (nSPS) is 19.2. The van der Waals surface area contributed by atoms with Crippen LogP contribution in [0.1, 0.15) is 31.7 Å². The van der Waals surface area contributed by atoms with Crippen molar-refractivity contribution in [1.82, 2.24) is 10.2 Å². The first-order valence-electron chi connectivity index (χ1n) is 6.43. The molecule has 0 saturated carbocycles. The number of urea groups is 1. The number of hydrogen-bond donors (Lipinski definition) is 1. The molecule has 1 aliphatic heterocycles. The Morgan fingerprint density at radius 3 is 2.70 bits per heavy atom. The van der Waals surface area contributed by atoms with Crippen LogP contribution in [0.25, 0.3) is 0 Å². The number of carbonyl (C=O) groups excluding carboxylic acids is 1. The van der Waals surface area contributed by atoms with Crippen molar-refractivity contribution in [3.05, 3.63) is 33.8 Å². The highest BCUT2D eigenvalue weighted by atomic mass is 35.5. The lowest BCUT2D eigenvalue weighted by molar-refractivity contribution is 0.191. The summed E-state index contributed by atoms with van der Waals surface area (Å²) in [7, 11) is 0. The fourth-order valence-electron chi connectivity index (χ4n) is 2.03. The smallest absolute Gasteiger partial charge is 0.319 e. The molecule has 6 heteroatoms. The summed E-state index contributed by atoms with van der Waals surface area (Å²) in [5.41, 5.74) is 0.682. The maximum atomic E-state index is 12.4. The number of thioether (sulfide) groups is 1. The van der Waals surface area contributed by atoms with Crippen molar-refractivity contribution in [3.8, 4) is 0 Å². The van der Waals surface area contributed by atoms with Crippen molar-refractivity contribution < 1.29 is 4.79 Å². The van der Waals surface area contributed by atoms with E-state index >= 15 is 0 Å². The lowest BCUT2D eigenvalue weighted by Gasteiger charge is -2.29. The molecule has 1 aromatic carbocycles. The Labute approximate surface area is 134 Å². The lowest BCUT2D eigenvalue weighted by Crippen LogP contribution is -2.48. The van der Waals surface area contributed by atoms with Crippen molar-refractivity contribution >= 4 is 41.0 Å². The summed E-state index contributed by atoms with van der Waals surface area (Å²) in [5, 5.41) is 4.15. The van der Waals surface area contributed by atoms with Gasteiger partial charge < -0.3 is 10.2 Å². The molecule has 1 aliphatic rings. The number of nitrogens with zero attached hydrogens (tertiary/aromatic N) is 1. The van der Waals surface area contributed by atoms with E-state index in [0.717, 1.165) is 17.9 Å². The first-order valence-corrected chi connectivity index (χ1v) is 8.24. The van der Waals surface area contributed by atoms with Crippen LogP contribution in [0.5, 0.6) is 0 Å². The largest absolute Gasteiger partial charge is 0.333 e. The first kappa shape index (κ1) is 15.8. The van der Waals surface area contributed by atoms with Crippen molar-refractivity contribution in [2.75, 3.05) is 12.3 Å². The molecular weight excluding hydrogens is 315 g/mol. The number of amides is 2. The van der Waals surface area contributed by atoms with Gasteiger partial charge in [-0.05, 0) is 32.9 Å². The number of halogens is 2. The van der Waals surface area contributed by atoms with Crippen LogP contribution in [0.4, 0.5) is 4.79 Å². The van der Waals surface area contributed by atoms with Gasteiger partial charge in [0.15, 0.2) is 0 Å². The van der Waals surface area contributed by atoms with Crippen molar-refractivity contribution in [2.24, 2.45) is 0 Å². The molecule has 2 amide bonds. The molecule has 1 unspecified atom stereocenters. The summed E-state index contributed by atoms with van der Waals surface area (Å²) in [6.07, 6.45) is 0. The van der Waals surface area contributed by atoms with E-state index in [1.807, 2.05) is 37.8 Å². The third-order valence-electron chi connectivity index (χ3n) is 2.86. The molecule has 0 spiro atoms. The molecule has 1 atom stereocenters. The van der Waals surface area contributed by atoms with Gasteiger partial charge in [-0.15, -0.1) is 11.8 Å². The molecule has 1 aromatic rings. The number of rotatable bonds is 1. The Morgan fingerprint density at radius 1 is 1.40 bits per heavy atom. The van der Waals surface area contributed by atoms with Crippen molar-refractivity contribution in [1.29, 1.82) is 0 Å². The van der Waals surface area contributed by atoms with Gasteiger partial charge in [0.2, 0.25) is 0 Å². The Hall–Kier alpha value is -0.580. The zero-order valence-electron chi connectivity index (χ0n) is 11.7. The predicted molar refractivity (Wildman–Crippen MR) is 86.7 cm³/mol. The Bertz CT molecular complexity index is 516. The SMILES string of the molecule is CC(C)(C)NC(=O)N1CCSC1c1ccc(Cl)cc1Cl. The van der Waals surface area contributed by atoms with Gasteiger partial charge in [0.1, 0.15) is 5.37 Å². The second-order valence-corrected chi connectivity index (χ2v) is 7.79. The summed E-state index contributed by atoms with van der Waals surface area (Å²) >= 11 is 13.9. The molecule has 1 saturated heterocycles. The molecule has 0 bridgehead atoms. The molecule has 0 aliphatic carbocycles. The highest BCUT2D eigenvalue weighted by Gasteiger charge is 2.33. The Kier molecular flexibility index (Phi) is 4.77. The van der Waals surface area contributed by atoms with E-state index in [-0.39, 0.29) is 16.9 Å². The van der Waals surface area contributed by atoms with Gasteiger partial charge in [-0.3, -0.25) is 0 Å². The minimum atomic E-state index is -0.251. The summed E-state index contributed by atoms with van der Waals surface area (Å²) in [5.74, 6) is 0.904. The van der Waals surface area contributed by atoms with Crippen LogP contribution in [-0.4, -0.2) is 28.8 Å². The maximum Gasteiger partial charge on any atom is 0.319 e. The lowest BCUT2D eigenvalue weighted by atomic mass is 10.1. The van der Waals surface area contributed by atoms with Gasteiger partial charge in [0.25, 0.3) is 0 Å². The minimum absolute atomic E-state index is 0.0536. The van der Waals surface area contributed by atoms with Gasteiger partial charge in [-0.2, -0.15) is 0 Å². The van der Waals surface area contributed by atoms with Crippen molar-refractivity contribution in [3.63, 3.8) is 0 Å².